The zero-order valence-electron chi connectivity index (χ0n) is 9.69. The minimum atomic E-state index is -0.465. The van der Waals surface area contributed by atoms with Gasteiger partial charge in [-0.1, -0.05) is 18.1 Å². The number of nitrogens with zero attached hydrogens (tertiary/aromatic N) is 3. The third kappa shape index (κ3) is 8.95. The maximum atomic E-state index is 11.0. The van der Waals surface area contributed by atoms with Crippen LogP contribution < -0.4 is 11.1 Å². The molecule has 0 rings (SSSR count). The van der Waals surface area contributed by atoms with Gasteiger partial charge >= 0.3 is 0 Å². The molecule has 0 spiro atoms. The average Bonchev–Trinajstić information content (AvgIpc) is 2.30. The third-order valence-electron chi connectivity index (χ3n) is 2.10. The van der Waals surface area contributed by atoms with Gasteiger partial charge in [-0.05, 0) is 24.8 Å². The van der Waals surface area contributed by atoms with Gasteiger partial charge in [0.25, 0.3) is 0 Å². The highest BCUT2D eigenvalue weighted by Gasteiger charge is 2.01. The Bertz CT molecular complexity index is 334. The first-order valence-corrected chi connectivity index (χ1v) is 5.33. The van der Waals surface area contributed by atoms with Crippen LogP contribution in [0.4, 0.5) is 0 Å². The van der Waals surface area contributed by atoms with Crippen LogP contribution in [0.15, 0.2) is 17.3 Å². The van der Waals surface area contributed by atoms with E-state index in [4.69, 9.17) is 11.3 Å². The standard InChI is InChI=1S/C10H17N5O2/c1-8(10(11)17)5-3-2-4-6-13-9(16)7-14-15-12/h1-7H2,(H2,11,17)(H,13,16). The lowest BCUT2D eigenvalue weighted by Gasteiger charge is -2.03. The SMILES string of the molecule is C=C(CCCCCNC(=O)CN=[N+]=[N-])C(N)=O. The van der Waals surface area contributed by atoms with E-state index in [1.165, 1.54) is 0 Å². The van der Waals surface area contributed by atoms with Gasteiger partial charge in [-0.25, -0.2) is 0 Å². The molecular formula is C10H17N5O2. The van der Waals surface area contributed by atoms with E-state index in [1.807, 2.05) is 0 Å². The number of hydrogen-bond acceptors (Lipinski definition) is 3. The normalized spacial score (nSPS) is 9.18. The van der Waals surface area contributed by atoms with Gasteiger partial charge in [-0.15, -0.1) is 0 Å². The van der Waals surface area contributed by atoms with Crippen LogP contribution in [0.25, 0.3) is 10.4 Å². The molecule has 0 bridgehead atoms. The van der Waals surface area contributed by atoms with Gasteiger partial charge in [0.15, 0.2) is 0 Å². The van der Waals surface area contributed by atoms with Gasteiger partial charge < -0.3 is 11.1 Å². The Morgan fingerprint density at radius 1 is 1.35 bits per heavy atom. The van der Waals surface area contributed by atoms with Crippen LogP contribution in [0.3, 0.4) is 0 Å². The quantitative estimate of drug-likeness (QED) is 0.205. The summed E-state index contributed by atoms with van der Waals surface area (Å²) in [5, 5.41) is 5.75. The summed E-state index contributed by atoms with van der Waals surface area (Å²) in [5.41, 5.74) is 13.4. The van der Waals surface area contributed by atoms with E-state index in [9.17, 15) is 9.59 Å². The molecule has 0 saturated heterocycles. The fourth-order valence-electron chi connectivity index (χ4n) is 1.14. The molecule has 0 unspecified atom stereocenters. The largest absolute Gasteiger partial charge is 0.366 e. The van der Waals surface area contributed by atoms with Crippen molar-refractivity contribution in [3.63, 3.8) is 0 Å². The molecule has 0 fully saturated rings. The second kappa shape index (κ2) is 9.23. The summed E-state index contributed by atoms with van der Waals surface area (Å²) in [5.74, 6) is -0.753. The number of hydrogen-bond donors (Lipinski definition) is 2. The highest BCUT2D eigenvalue weighted by molar-refractivity contribution is 5.91. The molecule has 0 heterocycles. The molecule has 0 aromatic carbocycles. The van der Waals surface area contributed by atoms with Crippen LogP contribution in [0.1, 0.15) is 25.7 Å². The number of rotatable bonds is 9. The summed E-state index contributed by atoms with van der Waals surface area (Å²) in [6.45, 7) is 3.90. The summed E-state index contributed by atoms with van der Waals surface area (Å²) in [7, 11) is 0. The van der Waals surface area contributed by atoms with Crippen molar-refractivity contribution in [2.45, 2.75) is 25.7 Å². The minimum absolute atomic E-state index is 0.172. The van der Waals surface area contributed by atoms with Gasteiger partial charge in [0.2, 0.25) is 11.8 Å². The first-order valence-electron chi connectivity index (χ1n) is 5.33. The molecule has 0 atom stereocenters. The summed E-state index contributed by atoms with van der Waals surface area (Å²) < 4.78 is 0. The molecule has 0 aromatic heterocycles. The number of azide groups is 1. The summed E-state index contributed by atoms with van der Waals surface area (Å²) in [6, 6.07) is 0. The number of nitrogens with two attached hydrogens (primary N) is 1. The molecule has 17 heavy (non-hydrogen) atoms. The number of nitrogens with one attached hydrogen (secondary N) is 1. The minimum Gasteiger partial charge on any atom is -0.366 e. The molecule has 7 heteroatoms. The molecule has 0 aliphatic rings. The predicted molar refractivity (Wildman–Crippen MR) is 63.8 cm³/mol. The Kier molecular flexibility index (Phi) is 8.14. The van der Waals surface area contributed by atoms with Gasteiger partial charge in [0.1, 0.15) is 6.54 Å². The second-order valence-electron chi connectivity index (χ2n) is 3.52. The van der Waals surface area contributed by atoms with Crippen molar-refractivity contribution in [3.05, 3.63) is 22.6 Å². The Morgan fingerprint density at radius 3 is 2.65 bits per heavy atom. The monoisotopic (exact) mass is 239 g/mol. The fourth-order valence-corrected chi connectivity index (χ4v) is 1.14. The summed E-state index contributed by atoms with van der Waals surface area (Å²) in [4.78, 5) is 24.1. The lowest BCUT2D eigenvalue weighted by atomic mass is 10.1. The van der Waals surface area contributed by atoms with Gasteiger partial charge in [0, 0.05) is 17.0 Å². The summed E-state index contributed by atoms with van der Waals surface area (Å²) >= 11 is 0. The molecule has 2 amide bonds. The summed E-state index contributed by atoms with van der Waals surface area (Å²) in [6.07, 6.45) is 3.07. The molecule has 0 aromatic rings. The Balaban J connectivity index is 3.41. The first kappa shape index (κ1) is 15.0. The van der Waals surface area contributed by atoms with Crippen molar-refractivity contribution in [1.82, 2.24) is 5.32 Å². The van der Waals surface area contributed by atoms with Crippen LogP contribution >= 0.6 is 0 Å². The van der Waals surface area contributed by atoms with Gasteiger partial charge in [-0.2, -0.15) is 0 Å². The van der Waals surface area contributed by atoms with Crippen LogP contribution in [0.5, 0.6) is 0 Å². The third-order valence-corrected chi connectivity index (χ3v) is 2.10. The van der Waals surface area contributed by atoms with Crippen LogP contribution in [0.2, 0.25) is 0 Å². The molecule has 0 saturated carbocycles. The molecule has 0 aliphatic heterocycles. The van der Waals surface area contributed by atoms with Gasteiger partial charge in [-0.3, -0.25) is 9.59 Å². The van der Waals surface area contributed by atoms with E-state index in [-0.39, 0.29) is 12.5 Å². The van der Waals surface area contributed by atoms with Crippen LogP contribution in [-0.4, -0.2) is 24.9 Å². The van der Waals surface area contributed by atoms with E-state index in [0.29, 0.717) is 18.5 Å². The molecule has 0 aliphatic carbocycles. The number of carbonyl (C=O) groups excluding carboxylic acids is 2. The average molecular weight is 239 g/mol. The number of primary amides is 1. The van der Waals surface area contributed by atoms with Gasteiger partial charge in [0.05, 0.1) is 0 Å². The van der Waals surface area contributed by atoms with Crippen molar-refractivity contribution < 1.29 is 9.59 Å². The predicted octanol–water partition coefficient (Wildman–Crippen LogP) is 1.01. The van der Waals surface area contributed by atoms with Crippen LogP contribution in [0, 0.1) is 0 Å². The van der Waals surface area contributed by atoms with E-state index in [0.717, 1.165) is 19.3 Å². The zero-order valence-corrected chi connectivity index (χ0v) is 9.69. The molecule has 94 valence electrons. The highest BCUT2D eigenvalue weighted by Crippen LogP contribution is 2.05. The van der Waals surface area contributed by atoms with E-state index in [1.54, 1.807) is 0 Å². The smallest absolute Gasteiger partial charge is 0.244 e. The van der Waals surface area contributed by atoms with Crippen molar-refractivity contribution in [2.24, 2.45) is 10.8 Å². The van der Waals surface area contributed by atoms with Crippen molar-refractivity contribution >= 4 is 11.8 Å². The topological polar surface area (TPSA) is 121 Å². The maximum absolute atomic E-state index is 11.0. The molecule has 0 radical (unpaired) electrons. The zero-order chi connectivity index (χ0) is 13.1. The van der Waals surface area contributed by atoms with Crippen molar-refractivity contribution in [3.8, 4) is 0 Å². The Hall–Kier alpha value is -2.01. The molecule has 3 N–H and O–H groups in total. The van der Waals surface area contributed by atoms with E-state index in [2.05, 4.69) is 21.9 Å². The fraction of sp³-hybridized carbons (Fsp3) is 0.600. The number of carbonyl (C=O) groups is 2. The number of unbranched alkanes of at least 4 members (excludes halogenated alkanes) is 2. The van der Waals surface area contributed by atoms with Crippen molar-refractivity contribution in [2.75, 3.05) is 13.1 Å². The van der Waals surface area contributed by atoms with E-state index >= 15 is 0 Å². The highest BCUT2D eigenvalue weighted by atomic mass is 16.2. The Morgan fingerprint density at radius 2 is 2.06 bits per heavy atom. The lowest BCUT2D eigenvalue weighted by molar-refractivity contribution is -0.119. The van der Waals surface area contributed by atoms with Crippen molar-refractivity contribution in [1.29, 1.82) is 0 Å². The first-order chi connectivity index (χ1) is 8.07. The second-order valence-corrected chi connectivity index (χ2v) is 3.52. The van der Waals surface area contributed by atoms with Crippen LogP contribution in [-0.2, 0) is 9.59 Å². The number of amides is 2. The maximum Gasteiger partial charge on any atom is 0.244 e. The lowest BCUT2D eigenvalue weighted by Crippen LogP contribution is -2.26. The Labute approximate surface area is 99.7 Å². The molecular weight excluding hydrogens is 222 g/mol. The van der Waals surface area contributed by atoms with E-state index < -0.39 is 5.91 Å². The molecule has 7 nitrogen and oxygen atoms in total.